The summed E-state index contributed by atoms with van der Waals surface area (Å²) in [5.74, 6) is 7.59. The fraction of sp³-hybridized carbons (Fsp3) is 0.250. The first-order valence-electron chi connectivity index (χ1n) is 8.75. The summed E-state index contributed by atoms with van der Waals surface area (Å²) in [5.41, 5.74) is 4.57. The normalized spacial score (nSPS) is 16.3. The van der Waals surface area contributed by atoms with Crippen LogP contribution in [0, 0.1) is 17.7 Å². The maximum atomic E-state index is 14.6. The molecule has 3 N–H and O–H groups in total. The first-order chi connectivity index (χ1) is 13.7. The monoisotopic (exact) mass is 394 g/mol. The Morgan fingerprint density at radius 1 is 1.52 bits per heavy atom. The van der Waals surface area contributed by atoms with Crippen LogP contribution in [-0.4, -0.2) is 56.6 Å². The van der Waals surface area contributed by atoms with E-state index in [0.717, 1.165) is 0 Å². The number of imidazole rings is 1. The highest BCUT2D eigenvalue weighted by Gasteiger charge is 2.32. The smallest absolute Gasteiger partial charge is 0.295 e. The molecule has 9 heteroatoms. The number of aliphatic imine (C=N–C) groups is 1. The van der Waals surface area contributed by atoms with Crippen molar-refractivity contribution in [1.29, 1.82) is 0 Å². The fourth-order valence-corrected chi connectivity index (χ4v) is 2.97. The number of aliphatic hydroxyl groups is 1. The second-order valence-electron chi connectivity index (χ2n) is 6.82. The molecular formula is C20H17FN5O3+. The number of rotatable bonds is 2. The number of nitrogens with zero attached hydrogens (tertiary/aromatic N) is 4. The molecule has 2 aliphatic rings. The van der Waals surface area contributed by atoms with Crippen LogP contribution >= 0.6 is 0 Å². The number of fused-ring (bicyclic) bond motifs is 3. The molecule has 0 spiro atoms. The van der Waals surface area contributed by atoms with Gasteiger partial charge in [-0.3, -0.25) is 4.79 Å². The summed E-state index contributed by atoms with van der Waals surface area (Å²) >= 11 is 0. The zero-order valence-electron chi connectivity index (χ0n) is 15.7. The standard InChI is InChI=1S/C20H16FN5O3/c1-20(28,17-10-25(2)11-23-17)4-3-12-7-13-16(8-14(12)21)29-6-5-26-9-15(18(22)27)24-19(13)26/h7-9,11,28H,5-6H2,1-2H3,(H-,22,27)/p+1. The molecule has 0 fully saturated rings. The van der Waals surface area contributed by atoms with Crippen molar-refractivity contribution in [2.45, 2.75) is 19.1 Å². The van der Waals surface area contributed by atoms with E-state index >= 15 is 0 Å². The molecule has 1 aromatic carbocycles. The number of carbonyl (C=O) groups is 1. The maximum Gasteiger partial charge on any atom is 0.295 e. The molecule has 2 aliphatic heterocycles. The highest BCUT2D eigenvalue weighted by molar-refractivity contribution is 5.91. The van der Waals surface area contributed by atoms with Crippen LogP contribution < -0.4 is 10.5 Å². The van der Waals surface area contributed by atoms with Crippen LogP contribution in [-0.2, 0) is 6.54 Å². The number of carbonyl (C=O) groups excluding carboxylic acids is 1. The van der Waals surface area contributed by atoms with Crippen molar-refractivity contribution < 1.29 is 23.6 Å². The molecule has 1 amide bonds. The van der Waals surface area contributed by atoms with Crippen molar-refractivity contribution >= 4 is 18.1 Å². The largest absolute Gasteiger partial charge is 0.491 e. The number of amides is 1. The van der Waals surface area contributed by atoms with Gasteiger partial charge >= 0.3 is 0 Å². The van der Waals surface area contributed by atoms with Gasteiger partial charge in [0.25, 0.3) is 17.9 Å². The van der Waals surface area contributed by atoms with Gasteiger partial charge in [-0.25, -0.2) is 9.37 Å². The molecule has 2 aromatic rings. The highest BCUT2D eigenvalue weighted by atomic mass is 19.1. The average Bonchev–Trinajstić information content (AvgIpc) is 3.25. The van der Waals surface area contributed by atoms with Gasteiger partial charge < -0.3 is 20.1 Å². The molecule has 0 saturated heterocycles. The van der Waals surface area contributed by atoms with Gasteiger partial charge in [0, 0.05) is 12.3 Å². The van der Waals surface area contributed by atoms with E-state index in [9.17, 15) is 14.3 Å². The minimum atomic E-state index is -1.62. The minimum Gasteiger partial charge on any atom is -0.491 e. The van der Waals surface area contributed by atoms with Crippen LogP contribution in [0.4, 0.5) is 4.39 Å². The summed E-state index contributed by atoms with van der Waals surface area (Å²) in [6.07, 6.45) is 3.02. The maximum absolute atomic E-state index is 14.6. The third-order valence-corrected chi connectivity index (χ3v) is 4.47. The van der Waals surface area contributed by atoms with Crippen LogP contribution in [0.3, 0.4) is 0 Å². The van der Waals surface area contributed by atoms with Gasteiger partial charge in [-0.2, -0.15) is 4.58 Å². The lowest BCUT2D eigenvalue weighted by atomic mass is 10.0. The van der Waals surface area contributed by atoms with E-state index < -0.39 is 17.3 Å². The number of ether oxygens (including phenoxy) is 1. The number of halogens is 1. The molecule has 8 nitrogen and oxygen atoms in total. The molecule has 3 heterocycles. The van der Waals surface area contributed by atoms with E-state index in [1.807, 2.05) is 0 Å². The van der Waals surface area contributed by atoms with E-state index in [2.05, 4.69) is 27.7 Å². The number of hydrogen-bond acceptors (Lipinski definition) is 5. The number of hydrogen-bond donors (Lipinski definition) is 2. The van der Waals surface area contributed by atoms with Gasteiger partial charge in [-0.15, -0.1) is 0 Å². The molecular weight excluding hydrogens is 377 g/mol. The van der Waals surface area contributed by atoms with Crippen molar-refractivity contribution in [1.82, 2.24) is 9.55 Å². The second-order valence-corrected chi connectivity index (χ2v) is 6.82. The van der Waals surface area contributed by atoms with Crippen LogP contribution in [0.2, 0.25) is 0 Å². The van der Waals surface area contributed by atoms with Gasteiger partial charge in [-0.1, -0.05) is 11.8 Å². The number of nitrogens with two attached hydrogens (primary N) is 1. The second kappa shape index (κ2) is 6.71. The predicted molar refractivity (Wildman–Crippen MR) is 102 cm³/mol. The summed E-state index contributed by atoms with van der Waals surface area (Å²) in [4.78, 5) is 19.8. The van der Waals surface area contributed by atoms with Crippen LogP contribution in [0.15, 0.2) is 29.0 Å². The van der Waals surface area contributed by atoms with Crippen LogP contribution in [0.25, 0.3) is 11.4 Å². The zero-order chi connectivity index (χ0) is 20.8. The minimum absolute atomic E-state index is 0.0423. The summed E-state index contributed by atoms with van der Waals surface area (Å²) in [7, 11) is 1.72. The topological polar surface area (TPSA) is 106 Å². The first-order valence-corrected chi connectivity index (χ1v) is 8.75. The summed E-state index contributed by atoms with van der Waals surface area (Å²) in [5, 5.41) is 10.6. The fourth-order valence-electron chi connectivity index (χ4n) is 2.97. The van der Waals surface area contributed by atoms with E-state index in [1.165, 1.54) is 31.6 Å². The van der Waals surface area contributed by atoms with Gasteiger partial charge in [0.15, 0.2) is 0 Å². The third-order valence-electron chi connectivity index (χ3n) is 4.47. The van der Waals surface area contributed by atoms with Crippen LogP contribution in [0.5, 0.6) is 5.75 Å². The van der Waals surface area contributed by atoms with E-state index in [-0.39, 0.29) is 23.6 Å². The van der Waals surface area contributed by atoms with Crippen molar-refractivity contribution in [2.24, 2.45) is 10.7 Å². The molecule has 4 rings (SSSR count). The molecule has 1 atom stereocenters. The summed E-state index contributed by atoms with van der Waals surface area (Å²) < 4.78 is 23.5. The Labute approximate surface area is 165 Å². The molecule has 1 aromatic heterocycles. The molecule has 29 heavy (non-hydrogen) atoms. The first kappa shape index (κ1) is 18.6. The van der Waals surface area contributed by atoms with Gasteiger partial charge in [-0.05, 0) is 18.0 Å². The quantitative estimate of drug-likeness (QED) is 0.572. The zero-order valence-corrected chi connectivity index (χ0v) is 15.7. The molecule has 0 bridgehead atoms. The molecule has 1 unspecified atom stereocenters. The van der Waals surface area contributed by atoms with Crippen molar-refractivity contribution in [3.63, 3.8) is 0 Å². The Kier molecular flexibility index (Phi) is 4.31. The Morgan fingerprint density at radius 2 is 2.31 bits per heavy atom. The van der Waals surface area contributed by atoms with E-state index in [1.54, 1.807) is 16.2 Å². The highest BCUT2D eigenvalue weighted by Crippen LogP contribution is 2.34. The van der Waals surface area contributed by atoms with Crippen LogP contribution in [0.1, 0.15) is 23.0 Å². The Bertz CT molecular complexity index is 1210. The van der Waals surface area contributed by atoms with Gasteiger partial charge in [0.05, 0.1) is 24.7 Å². The molecule has 0 aliphatic carbocycles. The number of aromatic nitrogens is 2. The van der Waals surface area contributed by atoms with E-state index in [0.29, 0.717) is 23.7 Å². The predicted octanol–water partition coefficient (Wildman–Crippen LogP) is 0.521. The lowest BCUT2D eigenvalue weighted by molar-refractivity contribution is -0.349. The summed E-state index contributed by atoms with van der Waals surface area (Å²) in [6.45, 7) is 2.16. The number of benzene rings is 1. The van der Waals surface area contributed by atoms with Gasteiger partial charge in [0.2, 0.25) is 5.60 Å². The Balaban J connectivity index is 1.79. The summed E-state index contributed by atoms with van der Waals surface area (Å²) in [6, 6.07) is 2.69. The van der Waals surface area contributed by atoms with Gasteiger partial charge in [0.1, 0.15) is 35.6 Å². The van der Waals surface area contributed by atoms with E-state index in [4.69, 9.17) is 10.5 Å². The van der Waals surface area contributed by atoms with Crippen molar-refractivity contribution in [2.75, 3.05) is 13.7 Å². The SMILES string of the molecule is C[N+]1=C=C(C(C)(O)C#Cc2cc3c(cc2F)OCCn2cc(C(N)=O)nc2-3)N=C1. The lowest BCUT2D eigenvalue weighted by Crippen LogP contribution is -2.23. The Hall–Kier alpha value is -3.73. The molecule has 146 valence electrons. The average molecular weight is 394 g/mol. The Morgan fingerprint density at radius 3 is 3.00 bits per heavy atom. The molecule has 0 saturated carbocycles. The number of primary amides is 1. The lowest BCUT2D eigenvalue weighted by Gasteiger charge is -2.10. The molecule has 0 radical (unpaired) electrons. The van der Waals surface area contributed by atoms with Crippen molar-refractivity contribution in [3.8, 4) is 29.0 Å². The third kappa shape index (κ3) is 3.43. The van der Waals surface area contributed by atoms with Crippen molar-refractivity contribution in [3.05, 3.63) is 41.1 Å².